The van der Waals surface area contributed by atoms with Crippen LogP contribution in [-0.2, 0) is 13.5 Å². The number of piperidine rings is 1. The molecule has 1 atom stereocenters. The van der Waals surface area contributed by atoms with Crippen molar-refractivity contribution in [1.82, 2.24) is 25.1 Å². The normalized spacial score (nSPS) is 19.5. The molecule has 19 heavy (non-hydrogen) atoms. The van der Waals surface area contributed by atoms with Crippen LogP contribution < -0.4 is 5.32 Å². The summed E-state index contributed by atoms with van der Waals surface area (Å²) in [5, 5.41) is 7.59. The Hall–Kier alpha value is -1.75. The van der Waals surface area contributed by atoms with E-state index in [-0.39, 0.29) is 0 Å². The Labute approximate surface area is 113 Å². The number of rotatable bonds is 3. The number of hydrogen-bond acceptors (Lipinski definition) is 4. The lowest BCUT2D eigenvalue weighted by Gasteiger charge is -2.22. The van der Waals surface area contributed by atoms with Gasteiger partial charge in [0.1, 0.15) is 5.69 Å². The largest absolute Gasteiger partial charge is 0.316 e. The van der Waals surface area contributed by atoms with Crippen molar-refractivity contribution in [3.8, 4) is 11.4 Å². The van der Waals surface area contributed by atoms with Gasteiger partial charge in [0.15, 0.2) is 0 Å². The molecule has 1 N–H and O–H groups in total. The maximum absolute atomic E-state index is 4.54. The zero-order chi connectivity index (χ0) is 13.1. The molecule has 0 saturated carbocycles. The second kappa shape index (κ2) is 5.48. The predicted molar refractivity (Wildman–Crippen MR) is 73.5 cm³/mol. The van der Waals surface area contributed by atoms with Gasteiger partial charge in [-0.3, -0.25) is 14.6 Å². The highest BCUT2D eigenvalue weighted by Crippen LogP contribution is 2.17. The molecule has 1 saturated heterocycles. The number of aryl methyl sites for hydroxylation is 1. The molecule has 0 spiro atoms. The van der Waals surface area contributed by atoms with Crippen LogP contribution in [0, 0.1) is 5.92 Å². The molecule has 0 bridgehead atoms. The number of aromatic nitrogens is 4. The fraction of sp³-hybridized carbons (Fsp3) is 0.500. The Morgan fingerprint density at radius 3 is 2.95 bits per heavy atom. The summed E-state index contributed by atoms with van der Waals surface area (Å²) >= 11 is 0. The molecule has 0 amide bonds. The maximum Gasteiger partial charge on any atom is 0.107 e. The van der Waals surface area contributed by atoms with Crippen LogP contribution in [0.2, 0.25) is 0 Å². The van der Waals surface area contributed by atoms with Crippen LogP contribution in [0.3, 0.4) is 0 Å². The van der Waals surface area contributed by atoms with Crippen LogP contribution in [-0.4, -0.2) is 32.8 Å². The Bertz CT molecular complexity index is 525. The Kier molecular flexibility index (Phi) is 3.55. The first-order valence-corrected chi connectivity index (χ1v) is 6.83. The smallest absolute Gasteiger partial charge is 0.107 e. The molecule has 2 aromatic heterocycles. The molecule has 3 rings (SSSR count). The van der Waals surface area contributed by atoms with E-state index in [0.717, 1.165) is 36.6 Å². The zero-order valence-corrected chi connectivity index (χ0v) is 11.2. The van der Waals surface area contributed by atoms with Crippen molar-refractivity contribution < 1.29 is 0 Å². The molecule has 1 aliphatic heterocycles. The van der Waals surface area contributed by atoms with Gasteiger partial charge in [0.2, 0.25) is 0 Å². The minimum Gasteiger partial charge on any atom is -0.316 e. The predicted octanol–water partition coefficient (Wildman–Crippen LogP) is 1.42. The van der Waals surface area contributed by atoms with Crippen molar-refractivity contribution in [3.05, 3.63) is 30.4 Å². The van der Waals surface area contributed by atoms with E-state index >= 15 is 0 Å². The average molecular weight is 257 g/mol. The highest BCUT2D eigenvalue weighted by atomic mass is 15.3. The minimum absolute atomic E-state index is 0.700. The van der Waals surface area contributed by atoms with Gasteiger partial charge in [-0.1, -0.05) is 0 Å². The summed E-state index contributed by atoms with van der Waals surface area (Å²) in [5.74, 6) is 0.700. The van der Waals surface area contributed by atoms with E-state index < -0.39 is 0 Å². The molecule has 5 heteroatoms. The summed E-state index contributed by atoms with van der Waals surface area (Å²) in [7, 11) is 1.92. The van der Waals surface area contributed by atoms with Gasteiger partial charge in [0, 0.05) is 19.4 Å². The van der Waals surface area contributed by atoms with Crippen molar-refractivity contribution >= 4 is 0 Å². The molecule has 1 fully saturated rings. The molecule has 1 aliphatic rings. The molecule has 3 heterocycles. The maximum atomic E-state index is 4.54. The first-order chi connectivity index (χ1) is 9.33. The summed E-state index contributed by atoms with van der Waals surface area (Å²) in [6, 6.07) is 1.95. The van der Waals surface area contributed by atoms with E-state index in [1.54, 1.807) is 6.20 Å². The van der Waals surface area contributed by atoms with Crippen LogP contribution >= 0.6 is 0 Å². The van der Waals surface area contributed by atoms with Gasteiger partial charge in [-0.05, 0) is 44.3 Å². The SMILES string of the molecule is Cn1nccc1-c1cnc(CC2CCCNC2)cn1. The number of nitrogens with zero attached hydrogens (tertiary/aromatic N) is 4. The second-order valence-electron chi connectivity index (χ2n) is 5.15. The molecule has 0 aromatic carbocycles. The third-order valence-corrected chi connectivity index (χ3v) is 3.69. The summed E-state index contributed by atoms with van der Waals surface area (Å²) in [6.07, 6.45) is 9.10. The molecular formula is C14H19N5. The number of hydrogen-bond donors (Lipinski definition) is 1. The van der Waals surface area contributed by atoms with Crippen molar-refractivity contribution in [3.63, 3.8) is 0 Å². The van der Waals surface area contributed by atoms with Crippen LogP contribution in [0.4, 0.5) is 0 Å². The van der Waals surface area contributed by atoms with Crippen molar-refractivity contribution in [2.45, 2.75) is 19.3 Å². The van der Waals surface area contributed by atoms with Gasteiger partial charge in [-0.15, -0.1) is 0 Å². The van der Waals surface area contributed by atoms with Gasteiger partial charge in [0.25, 0.3) is 0 Å². The molecule has 1 unspecified atom stereocenters. The Balaban J connectivity index is 1.70. The fourth-order valence-electron chi connectivity index (χ4n) is 2.61. The van der Waals surface area contributed by atoms with Crippen molar-refractivity contribution in [2.24, 2.45) is 13.0 Å². The standard InChI is InChI=1S/C14H19N5/c1-19-14(4-6-18-19)13-10-16-12(9-17-13)7-11-3-2-5-15-8-11/h4,6,9-11,15H,2-3,5,7-8H2,1H3. The second-order valence-corrected chi connectivity index (χ2v) is 5.15. The van der Waals surface area contributed by atoms with Gasteiger partial charge in [-0.25, -0.2) is 0 Å². The van der Waals surface area contributed by atoms with E-state index in [4.69, 9.17) is 0 Å². The topological polar surface area (TPSA) is 55.6 Å². The molecule has 0 aliphatic carbocycles. The van der Waals surface area contributed by atoms with Gasteiger partial charge >= 0.3 is 0 Å². The van der Waals surface area contributed by atoms with E-state index in [2.05, 4.69) is 20.4 Å². The lowest BCUT2D eigenvalue weighted by molar-refractivity contribution is 0.373. The molecule has 5 nitrogen and oxygen atoms in total. The number of nitrogens with one attached hydrogen (secondary N) is 1. The third-order valence-electron chi connectivity index (χ3n) is 3.69. The summed E-state index contributed by atoms with van der Waals surface area (Å²) in [6.45, 7) is 2.26. The van der Waals surface area contributed by atoms with E-state index in [0.29, 0.717) is 5.92 Å². The quantitative estimate of drug-likeness (QED) is 0.903. The molecular weight excluding hydrogens is 238 g/mol. The fourth-order valence-corrected chi connectivity index (χ4v) is 2.61. The summed E-state index contributed by atoms with van der Waals surface area (Å²) < 4.78 is 1.81. The first kappa shape index (κ1) is 12.3. The summed E-state index contributed by atoms with van der Waals surface area (Å²) in [5.41, 5.74) is 2.96. The lowest BCUT2D eigenvalue weighted by Crippen LogP contribution is -2.31. The molecule has 2 aromatic rings. The minimum atomic E-state index is 0.700. The highest BCUT2D eigenvalue weighted by molar-refractivity contribution is 5.52. The van der Waals surface area contributed by atoms with Gasteiger partial charge in [-0.2, -0.15) is 5.10 Å². The van der Waals surface area contributed by atoms with Crippen molar-refractivity contribution in [2.75, 3.05) is 13.1 Å². The van der Waals surface area contributed by atoms with Crippen LogP contribution in [0.15, 0.2) is 24.7 Å². The monoisotopic (exact) mass is 257 g/mol. The summed E-state index contributed by atoms with van der Waals surface area (Å²) in [4.78, 5) is 9.04. The molecule has 100 valence electrons. The first-order valence-electron chi connectivity index (χ1n) is 6.83. The van der Waals surface area contributed by atoms with Crippen LogP contribution in [0.5, 0.6) is 0 Å². The van der Waals surface area contributed by atoms with E-state index in [9.17, 15) is 0 Å². The van der Waals surface area contributed by atoms with Crippen LogP contribution in [0.25, 0.3) is 11.4 Å². The van der Waals surface area contributed by atoms with Crippen molar-refractivity contribution in [1.29, 1.82) is 0 Å². The van der Waals surface area contributed by atoms with Crippen LogP contribution in [0.1, 0.15) is 18.5 Å². The van der Waals surface area contributed by atoms with Gasteiger partial charge < -0.3 is 5.32 Å². The lowest BCUT2D eigenvalue weighted by atomic mass is 9.95. The average Bonchev–Trinajstić information content (AvgIpc) is 2.87. The van der Waals surface area contributed by atoms with Gasteiger partial charge in [0.05, 0.1) is 17.6 Å². The van der Waals surface area contributed by atoms with E-state index in [1.807, 2.05) is 30.2 Å². The Morgan fingerprint density at radius 2 is 2.32 bits per heavy atom. The molecule has 0 radical (unpaired) electrons. The Morgan fingerprint density at radius 1 is 1.37 bits per heavy atom. The van der Waals surface area contributed by atoms with E-state index in [1.165, 1.54) is 12.8 Å². The highest BCUT2D eigenvalue weighted by Gasteiger charge is 2.14. The third kappa shape index (κ3) is 2.81. The zero-order valence-electron chi connectivity index (χ0n) is 11.2.